The zero-order valence-corrected chi connectivity index (χ0v) is 14.3. The van der Waals surface area contributed by atoms with Crippen molar-refractivity contribution in [3.05, 3.63) is 24.3 Å². The molecule has 1 aliphatic carbocycles. The van der Waals surface area contributed by atoms with E-state index in [0.717, 1.165) is 12.8 Å². The summed E-state index contributed by atoms with van der Waals surface area (Å²) >= 11 is 0. The Morgan fingerprint density at radius 2 is 1.86 bits per heavy atom. The molecule has 4 N–H and O–H groups in total. The van der Waals surface area contributed by atoms with E-state index in [1.165, 1.54) is 19.1 Å². The van der Waals surface area contributed by atoms with Crippen LogP contribution in [0, 0.1) is 5.92 Å². The van der Waals surface area contributed by atoms with Crippen LogP contribution in [0.2, 0.25) is 0 Å². The molecule has 124 valence electrons. The number of carbonyl (C=O) groups is 1. The van der Waals surface area contributed by atoms with Crippen molar-refractivity contribution in [2.45, 2.75) is 37.1 Å². The van der Waals surface area contributed by atoms with Crippen LogP contribution in [0.5, 0.6) is 0 Å². The summed E-state index contributed by atoms with van der Waals surface area (Å²) in [7, 11) is -3.62. The summed E-state index contributed by atoms with van der Waals surface area (Å²) in [6.07, 6.45) is 2.00. The van der Waals surface area contributed by atoms with Gasteiger partial charge in [-0.25, -0.2) is 13.1 Å². The number of sulfonamides is 1. The zero-order chi connectivity index (χ0) is 15.7. The third-order valence-electron chi connectivity index (χ3n) is 3.75. The van der Waals surface area contributed by atoms with Gasteiger partial charge in [-0.2, -0.15) is 0 Å². The zero-order valence-electron chi connectivity index (χ0n) is 12.6. The Balaban J connectivity index is 0.00000242. The van der Waals surface area contributed by atoms with Crippen molar-refractivity contribution in [2.24, 2.45) is 11.7 Å². The van der Waals surface area contributed by atoms with Crippen molar-refractivity contribution in [3.8, 4) is 0 Å². The molecule has 0 heterocycles. The number of halogens is 1. The Morgan fingerprint density at radius 3 is 2.27 bits per heavy atom. The Hall–Kier alpha value is -1.15. The van der Waals surface area contributed by atoms with E-state index in [9.17, 15) is 13.2 Å². The molecule has 0 bridgehead atoms. The van der Waals surface area contributed by atoms with Gasteiger partial charge >= 0.3 is 0 Å². The van der Waals surface area contributed by atoms with E-state index < -0.39 is 15.6 Å². The lowest BCUT2D eigenvalue weighted by atomic mass is 9.98. The van der Waals surface area contributed by atoms with Gasteiger partial charge in [0.15, 0.2) is 0 Å². The second-order valence-corrected chi connectivity index (χ2v) is 7.39. The second kappa shape index (κ2) is 6.95. The number of nitrogens with two attached hydrogens (primary N) is 1. The number of nitrogens with one attached hydrogen (secondary N) is 2. The highest BCUT2D eigenvalue weighted by atomic mass is 35.5. The lowest BCUT2D eigenvalue weighted by Crippen LogP contribution is -2.52. The summed E-state index contributed by atoms with van der Waals surface area (Å²) in [6, 6.07) is 6.06. The topological polar surface area (TPSA) is 101 Å². The van der Waals surface area contributed by atoms with Gasteiger partial charge in [-0.05, 0) is 49.9 Å². The highest BCUT2D eigenvalue weighted by Gasteiger charge is 2.43. The summed E-state index contributed by atoms with van der Waals surface area (Å²) in [5.74, 6) is 0.101. The van der Waals surface area contributed by atoms with Crippen LogP contribution in [-0.4, -0.2) is 26.4 Å². The number of carbonyl (C=O) groups excluding carboxylic acids is 1. The molecule has 1 aliphatic rings. The van der Waals surface area contributed by atoms with Gasteiger partial charge in [0.25, 0.3) is 0 Å². The summed E-state index contributed by atoms with van der Waals surface area (Å²) in [5, 5.41) is 2.60. The Bertz CT molecular complexity index is 629. The van der Waals surface area contributed by atoms with Crippen molar-refractivity contribution in [1.82, 2.24) is 4.72 Å². The van der Waals surface area contributed by atoms with Crippen LogP contribution in [-0.2, 0) is 14.8 Å². The standard InChI is InChI=1S/C14H21N3O3S.ClH/c1-10(18)16-12-5-7-13(8-6-12)21(19,20)17-14(2,9-15)11-3-4-11;/h5-8,11,17H,3-4,9,15H2,1-2H3,(H,16,18);1H. The molecule has 0 saturated heterocycles. The molecule has 1 fully saturated rings. The van der Waals surface area contributed by atoms with Crippen LogP contribution in [0.25, 0.3) is 0 Å². The van der Waals surface area contributed by atoms with E-state index >= 15 is 0 Å². The first-order valence-electron chi connectivity index (χ1n) is 6.88. The monoisotopic (exact) mass is 347 g/mol. The van der Waals surface area contributed by atoms with Crippen LogP contribution in [0.15, 0.2) is 29.2 Å². The van der Waals surface area contributed by atoms with Crippen LogP contribution in [0.3, 0.4) is 0 Å². The highest BCUT2D eigenvalue weighted by Crippen LogP contribution is 2.39. The molecule has 8 heteroatoms. The molecule has 1 aromatic carbocycles. The maximum atomic E-state index is 12.4. The van der Waals surface area contributed by atoms with E-state index in [1.54, 1.807) is 12.1 Å². The molecule has 0 spiro atoms. The van der Waals surface area contributed by atoms with Crippen molar-refractivity contribution in [1.29, 1.82) is 0 Å². The van der Waals surface area contributed by atoms with Gasteiger partial charge in [0.1, 0.15) is 0 Å². The Kier molecular flexibility index (Phi) is 5.97. The molecule has 1 unspecified atom stereocenters. The van der Waals surface area contributed by atoms with Gasteiger partial charge in [-0.1, -0.05) is 0 Å². The molecule has 0 aliphatic heterocycles. The van der Waals surface area contributed by atoms with Gasteiger partial charge in [-0.15, -0.1) is 12.4 Å². The molecule has 1 aromatic rings. The van der Waals surface area contributed by atoms with E-state index in [2.05, 4.69) is 10.0 Å². The summed E-state index contributed by atoms with van der Waals surface area (Å²) in [6.45, 7) is 3.50. The van der Waals surface area contributed by atoms with E-state index in [4.69, 9.17) is 5.73 Å². The molecule has 2 rings (SSSR count). The van der Waals surface area contributed by atoms with Crippen molar-refractivity contribution in [3.63, 3.8) is 0 Å². The second-order valence-electron chi connectivity index (χ2n) is 5.71. The maximum absolute atomic E-state index is 12.4. The fourth-order valence-corrected chi connectivity index (χ4v) is 3.77. The summed E-state index contributed by atoms with van der Waals surface area (Å²) < 4.78 is 27.6. The lowest BCUT2D eigenvalue weighted by molar-refractivity contribution is -0.114. The first-order chi connectivity index (χ1) is 9.77. The molecule has 0 radical (unpaired) electrons. The first-order valence-corrected chi connectivity index (χ1v) is 8.37. The van der Waals surface area contributed by atoms with E-state index in [0.29, 0.717) is 11.6 Å². The number of hydrogen-bond acceptors (Lipinski definition) is 4. The molecule has 1 atom stereocenters. The van der Waals surface area contributed by atoms with Crippen molar-refractivity contribution < 1.29 is 13.2 Å². The fourth-order valence-electron chi connectivity index (χ4n) is 2.30. The largest absolute Gasteiger partial charge is 0.329 e. The predicted octanol–water partition coefficient (Wildman–Crippen LogP) is 1.47. The predicted molar refractivity (Wildman–Crippen MR) is 88.5 cm³/mol. The molecule has 1 saturated carbocycles. The maximum Gasteiger partial charge on any atom is 0.241 e. The number of anilines is 1. The summed E-state index contributed by atoms with van der Waals surface area (Å²) in [5.41, 5.74) is 5.70. The fraction of sp³-hybridized carbons (Fsp3) is 0.500. The van der Waals surface area contributed by atoms with Crippen LogP contribution in [0.1, 0.15) is 26.7 Å². The van der Waals surface area contributed by atoms with Gasteiger partial charge in [0, 0.05) is 24.7 Å². The van der Waals surface area contributed by atoms with Crippen molar-refractivity contribution >= 4 is 34.0 Å². The lowest BCUT2D eigenvalue weighted by Gasteiger charge is -2.29. The molecule has 0 aromatic heterocycles. The number of benzene rings is 1. The Labute approximate surface area is 137 Å². The molecular weight excluding hydrogens is 326 g/mol. The average Bonchev–Trinajstić information content (AvgIpc) is 3.22. The van der Waals surface area contributed by atoms with E-state index in [1.807, 2.05) is 6.92 Å². The molecule has 22 heavy (non-hydrogen) atoms. The van der Waals surface area contributed by atoms with Gasteiger partial charge in [0.2, 0.25) is 15.9 Å². The van der Waals surface area contributed by atoms with Crippen LogP contribution in [0.4, 0.5) is 5.69 Å². The van der Waals surface area contributed by atoms with Crippen LogP contribution < -0.4 is 15.8 Å². The minimum absolute atomic E-state index is 0. The molecule has 6 nitrogen and oxygen atoms in total. The van der Waals surface area contributed by atoms with Gasteiger partial charge < -0.3 is 11.1 Å². The molecular formula is C14H22ClN3O3S. The SMILES string of the molecule is CC(=O)Nc1ccc(S(=O)(=O)NC(C)(CN)C2CC2)cc1.Cl. The van der Waals surface area contributed by atoms with Crippen molar-refractivity contribution in [2.75, 3.05) is 11.9 Å². The quantitative estimate of drug-likeness (QED) is 0.725. The van der Waals surface area contributed by atoms with Crippen LogP contribution >= 0.6 is 12.4 Å². The minimum Gasteiger partial charge on any atom is -0.329 e. The third-order valence-corrected chi connectivity index (χ3v) is 5.38. The Morgan fingerprint density at radius 1 is 1.32 bits per heavy atom. The number of amides is 1. The minimum atomic E-state index is -3.62. The highest BCUT2D eigenvalue weighted by molar-refractivity contribution is 7.89. The van der Waals surface area contributed by atoms with Gasteiger partial charge in [0.05, 0.1) is 4.90 Å². The smallest absolute Gasteiger partial charge is 0.241 e. The average molecular weight is 348 g/mol. The number of rotatable bonds is 6. The first kappa shape index (κ1) is 18.9. The third kappa shape index (κ3) is 4.42. The molecule has 1 amide bonds. The summed E-state index contributed by atoms with van der Waals surface area (Å²) in [4.78, 5) is 11.1. The number of hydrogen-bond donors (Lipinski definition) is 3. The normalized spacial score (nSPS) is 17.2. The van der Waals surface area contributed by atoms with Gasteiger partial charge in [-0.3, -0.25) is 4.79 Å². The van der Waals surface area contributed by atoms with E-state index in [-0.39, 0.29) is 29.8 Å².